The van der Waals surface area contributed by atoms with E-state index >= 15 is 0 Å². The quantitative estimate of drug-likeness (QED) is 0.750. The van der Waals surface area contributed by atoms with E-state index in [-0.39, 0.29) is 11.8 Å². The minimum Gasteiger partial charge on any atom is -0.481 e. The van der Waals surface area contributed by atoms with Gasteiger partial charge in [-0.05, 0) is 31.2 Å². The Morgan fingerprint density at radius 2 is 2.00 bits per heavy atom. The normalized spacial score (nSPS) is 16.8. The molecule has 1 amide bonds. The molecule has 1 unspecified atom stereocenters. The maximum Gasteiger partial charge on any atom is 0.229 e. The molecule has 144 valence electrons. The number of rotatable bonds is 4. The smallest absolute Gasteiger partial charge is 0.229 e. The van der Waals surface area contributed by atoms with E-state index in [4.69, 9.17) is 4.74 Å². The van der Waals surface area contributed by atoms with Gasteiger partial charge in [-0.25, -0.2) is 4.98 Å². The first-order valence-electron chi connectivity index (χ1n) is 9.57. The summed E-state index contributed by atoms with van der Waals surface area (Å²) in [5, 5.41) is 5.30. The van der Waals surface area contributed by atoms with Crippen molar-refractivity contribution >= 4 is 28.3 Å². The number of ether oxygens (including phenoxy) is 1. The van der Waals surface area contributed by atoms with Crippen LogP contribution in [0.5, 0.6) is 5.88 Å². The monoisotopic (exact) mass is 376 g/mol. The number of carbonyl (C=O) groups excluding carboxylic acids is 1. The molecule has 1 N–H and O–H groups in total. The molecule has 1 aliphatic rings. The van der Waals surface area contributed by atoms with Crippen molar-refractivity contribution in [3.63, 3.8) is 0 Å². The van der Waals surface area contributed by atoms with Gasteiger partial charge in [0.25, 0.3) is 0 Å². The van der Waals surface area contributed by atoms with Gasteiger partial charge in [-0.2, -0.15) is 4.98 Å². The van der Waals surface area contributed by atoms with Gasteiger partial charge in [-0.15, -0.1) is 0 Å². The highest BCUT2D eigenvalue weighted by Gasteiger charge is 2.28. The zero-order valence-electron chi connectivity index (χ0n) is 16.2. The van der Waals surface area contributed by atoms with E-state index in [0.29, 0.717) is 18.4 Å². The second-order valence-electron chi connectivity index (χ2n) is 7.15. The number of aryl methyl sites for hydroxylation is 1. The number of nitrogens with one attached hydrogen (secondary N) is 1. The van der Waals surface area contributed by atoms with Gasteiger partial charge < -0.3 is 15.0 Å². The maximum absolute atomic E-state index is 13.0. The summed E-state index contributed by atoms with van der Waals surface area (Å²) in [7, 11) is 1.60. The molecule has 0 spiro atoms. The SMILES string of the molecule is COc1cc(C)nc(N2CCCC(C(=O)Nc3cccc4ccccc34)C2)n1. The number of hydrogen-bond acceptors (Lipinski definition) is 5. The second-order valence-corrected chi connectivity index (χ2v) is 7.15. The van der Waals surface area contributed by atoms with Crippen molar-refractivity contribution in [1.29, 1.82) is 0 Å². The highest BCUT2D eigenvalue weighted by atomic mass is 16.5. The minimum atomic E-state index is -0.108. The Morgan fingerprint density at radius 3 is 2.86 bits per heavy atom. The van der Waals surface area contributed by atoms with Crippen LogP contribution in [0, 0.1) is 12.8 Å². The van der Waals surface area contributed by atoms with Crippen LogP contribution in [0.15, 0.2) is 48.5 Å². The fourth-order valence-corrected chi connectivity index (χ4v) is 3.71. The average molecular weight is 376 g/mol. The molecule has 1 atom stereocenters. The third-order valence-corrected chi connectivity index (χ3v) is 5.15. The average Bonchev–Trinajstić information content (AvgIpc) is 2.73. The van der Waals surface area contributed by atoms with Crippen molar-refractivity contribution in [2.75, 3.05) is 30.4 Å². The molecule has 2 aromatic carbocycles. The molecular weight excluding hydrogens is 352 g/mol. The van der Waals surface area contributed by atoms with Crippen molar-refractivity contribution in [1.82, 2.24) is 9.97 Å². The zero-order chi connectivity index (χ0) is 19.5. The van der Waals surface area contributed by atoms with Crippen LogP contribution in [-0.2, 0) is 4.79 Å². The lowest BCUT2D eigenvalue weighted by molar-refractivity contribution is -0.120. The largest absolute Gasteiger partial charge is 0.481 e. The molecule has 3 aromatic rings. The van der Waals surface area contributed by atoms with Gasteiger partial charge in [-0.1, -0.05) is 36.4 Å². The molecule has 0 saturated carbocycles. The summed E-state index contributed by atoms with van der Waals surface area (Å²) in [5.74, 6) is 1.10. The van der Waals surface area contributed by atoms with Crippen molar-refractivity contribution in [2.45, 2.75) is 19.8 Å². The first-order chi connectivity index (χ1) is 13.6. The summed E-state index contributed by atoms with van der Waals surface area (Å²) in [6, 6.07) is 15.9. The van der Waals surface area contributed by atoms with Crippen molar-refractivity contribution in [3.8, 4) is 5.88 Å². The third-order valence-electron chi connectivity index (χ3n) is 5.15. The Morgan fingerprint density at radius 1 is 1.18 bits per heavy atom. The number of benzene rings is 2. The molecule has 2 heterocycles. The summed E-state index contributed by atoms with van der Waals surface area (Å²) in [6.07, 6.45) is 1.78. The standard InChI is InChI=1S/C22H24N4O2/c1-15-13-20(28-2)25-22(23-15)26-12-6-9-17(14-26)21(27)24-19-11-5-8-16-7-3-4-10-18(16)19/h3-5,7-8,10-11,13,17H,6,9,12,14H2,1-2H3,(H,24,27). The lowest BCUT2D eigenvalue weighted by Gasteiger charge is -2.32. The van der Waals surface area contributed by atoms with Gasteiger partial charge in [0.15, 0.2) is 0 Å². The zero-order valence-corrected chi connectivity index (χ0v) is 16.2. The van der Waals surface area contributed by atoms with E-state index in [0.717, 1.165) is 41.5 Å². The summed E-state index contributed by atoms with van der Waals surface area (Å²) >= 11 is 0. The highest BCUT2D eigenvalue weighted by Crippen LogP contribution is 2.26. The van der Waals surface area contributed by atoms with E-state index in [2.05, 4.69) is 32.3 Å². The second kappa shape index (κ2) is 7.84. The van der Waals surface area contributed by atoms with Crippen LogP contribution in [0.2, 0.25) is 0 Å². The molecule has 1 aliphatic heterocycles. The Hall–Kier alpha value is -3.15. The molecule has 4 rings (SSSR count). The van der Waals surface area contributed by atoms with Crippen molar-refractivity contribution in [3.05, 3.63) is 54.2 Å². The number of aromatic nitrogens is 2. The van der Waals surface area contributed by atoms with E-state index in [1.807, 2.05) is 37.3 Å². The summed E-state index contributed by atoms with van der Waals surface area (Å²) in [6.45, 7) is 3.36. The van der Waals surface area contributed by atoms with Gasteiger partial charge >= 0.3 is 0 Å². The van der Waals surface area contributed by atoms with Crippen LogP contribution in [0.1, 0.15) is 18.5 Å². The van der Waals surface area contributed by atoms with Crippen molar-refractivity contribution in [2.24, 2.45) is 5.92 Å². The lowest BCUT2D eigenvalue weighted by Crippen LogP contribution is -2.41. The van der Waals surface area contributed by atoms with Crippen LogP contribution >= 0.6 is 0 Å². The van der Waals surface area contributed by atoms with Gasteiger partial charge in [0, 0.05) is 35.9 Å². The van der Waals surface area contributed by atoms with E-state index < -0.39 is 0 Å². The molecule has 1 fully saturated rings. The van der Waals surface area contributed by atoms with Crippen LogP contribution in [0.4, 0.5) is 11.6 Å². The molecule has 0 radical (unpaired) electrons. The number of hydrogen-bond donors (Lipinski definition) is 1. The summed E-state index contributed by atoms with van der Waals surface area (Å²) in [4.78, 5) is 24.0. The Balaban J connectivity index is 1.51. The molecule has 1 aromatic heterocycles. The first-order valence-corrected chi connectivity index (χ1v) is 9.57. The number of methoxy groups -OCH3 is 1. The number of fused-ring (bicyclic) bond motifs is 1. The third kappa shape index (κ3) is 3.76. The fourth-order valence-electron chi connectivity index (χ4n) is 3.71. The van der Waals surface area contributed by atoms with Crippen LogP contribution in [0.25, 0.3) is 10.8 Å². The number of piperidine rings is 1. The Labute approximate surface area is 164 Å². The summed E-state index contributed by atoms with van der Waals surface area (Å²) in [5.41, 5.74) is 1.71. The summed E-state index contributed by atoms with van der Waals surface area (Å²) < 4.78 is 5.26. The maximum atomic E-state index is 13.0. The molecule has 6 heteroatoms. The van der Waals surface area contributed by atoms with Crippen LogP contribution in [0.3, 0.4) is 0 Å². The van der Waals surface area contributed by atoms with Gasteiger partial charge in [-0.3, -0.25) is 4.79 Å². The van der Waals surface area contributed by atoms with Crippen LogP contribution in [-0.4, -0.2) is 36.1 Å². The molecular formula is C22H24N4O2. The Kier molecular flexibility index (Phi) is 5.10. The van der Waals surface area contributed by atoms with Gasteiger partial charge in [0.05, 0.1) is 13.0 Å². The van der Waals surface area contributed by atoms with E-state index in [9.17, 15) is 4.79 Å². The number of carbonyl (C=O) groups is 1. The van der Waals surface area contributed by atoms with E-state index in [1.165, 1.54) is 0 Å². The van der Waals surface area contributed by atoms with Gasteiger partial charge in [0.1, 0.15) is 0 Å². The molecule has 0 aliphatic carbocycles. The molecule has 28 heavy (non-hydrogen) atoms. The van der Waals surface area contributed by atoms with E-state index in [1.54, 1.807) is 13.2 Å². The predicted octanol–water partition coefficient (Wildman–Crippen LogP) is 3.80. The predicted molar refractivity (Wildman–Crippen MR) is 111 cm³/mol. The number of amides is 1. The molecule has 6 nitrogen and oxygen atoms in total. The number of nitrogens with zero attached hydrogens (tertiary/aromatic N) is 3. The number of anilines is 2. The van der Waals surface area contributed by atoms with Gasteiger partial charge in [0.2, 0.25) is 17.7 Å². The fraction of sp³-hybridized carbons (Fsp3) is 0.318. The molecule has 0 bridgehead atoms. The topological polar surface area (TPSA) is 67.3 Å². The minimum absolute atomic E-state index is 0.0423. The Bertz CT molecular complexity index is 999. The lowest BCUT2D eigenvalue weighted by atomic mass is 9.97. The highest BCUT2D eigenvalue weighted by molar-refractivity contribution is 6.02. The molecule has 1 saturated heterocycles. The first kappa shape index (κ1) is 18.2. The van der Waals surface area contributed by atoms with Crippen LogP contribution < -0.4 is 15.0 Å². The van der Waals surface area contributed by atoms with Crippen molar-refractivity contribution < 1.29 is 9.53 Å².